The van der Waals surface area contributed by atoms with Crippen molar-refractivity contribution in [3.05, 3.63) is 52.0 Å². The topological polar surface area (TPSA) is 58.2 Å². The van der Waals surface area contributed by atoms with Gasteiger partial charge in [-0.2, -0.15) is 0 Å². The van der Waals surface area contributed by atoms with Crippen molar-refractivity contribution >= 4 is 29.1 Å². The Bertz CT molecular complexity index is 858. The molecule has 1 aliphatic heterocycles. The summed E-state index contributed by atoms with van der Waals surface area (Å²) in [5.41, 5.74) is 4.06. The van der Waals surface area contributed by atoms with Gasteiger partial charge in [0, 0.05) is 29.5 Å². The zero-order valence-electron chi connectivity index (χ0n) is 16.0. The van der Waals surface area contributed by atoms with Crippen molar-refractivity contribution in [3.8, 4) is 0 Å². The summed E-state index contributed by atoms with van der Waals surface area (Å²) >= 11 is 1.87. The molecule has 4 atom stereocenters. The molecule has 0 aromatic heterocycles. The highest BCUT2D eigenvalue weighted by molar-refractivity contribution is 8.03. The summed E-state index contributed by atoms with van der Waals surface area (Å²) in [6.45, 7) is 7.14. The average molecular weight is 383 g/mol. The van der Waals surface area contributed by atoms with E-state index in [2.05, 4.69) is 30.6 Å². The van der Waals surface area contributed by atoms with E-state index in [1.165, 1.54) is 4.91 Å². The lowest BCUT2D eigenvalue weighted by molar-refractivity contribution is -0.118. The van der Waals surface area contributed by atoms with Crippen LogP contribution >= 0.6 is 11.8 Å². The van der Waals surface area contributed by atoms with E-state index in [-0.39, 0.29) is 11.9 Å². The number of thioether (sulfide) groups is 1. The predicted octanol–water partition coefficient (Wildman–Crippen LogP) is 3.84. The number of carbonyl (C=O) groups is 2. The predicted molar refractivity (Wildman–Crippen MR) is 111 cm³/mol. The summed E-state index contributed by atoms with van der Waals surface area (Å²) in [5, 5.41) is 6.75. The third-order valence-electron chi connectivity index (χ3n) is 5.92. The van der Waals surface area contributed by atoms with Crippen LogP contribution in [0.2, 0.25) is 0 Å². The molecule has 1 heterocycles. The Morgan fingerprint density at radius 2 is 2.11 bits per heavy atom. The fourth-order valence-corrected chi connectivity index (χ4v) is 5.84. The maximum absolute atomic E-state index is 12.6. The summed E-state index contributed by atoms with van der Waals surface area (Å²) in [6, 6.07) is 7.71. The number of amides is 1. The second-order valence-corrected chi connectivity index (χ2v) is 9.29. The number of rotatable bonds is 4. The molecule has 4 unspecified atom stereocenters. The first-order valence-electron chi connectivity index (χ1n) is 9.66. The average Bonchev–Trinajstić information content (AvgIpc) is 3.23. The van der Waals surface area contributed by atoms with Gasteiger partial charge in [0.2, 0.25) is 5.91 Å². The van der Waals surface area contributed by atoms with E-state index in [9.17, 15) is 9.59 Å². The van der Waals surface area contributed by atoms with Crippen LogP contribution in [-0.4, -0.2) is 29.5 Å². The highest BCUT2D eigenvalue weighted by Gasteiger charge is 2.39. The molecule has 2 bridgehead atoms. The largest absolute Gasteiger partial charge is 0.325 e. The lowest BCUT2D eigenvalue weighted by Gasteiger charge is -2.26. The van der Waals surface area contributed by atoms with E-state index >= 15 is 0 Å². The second kappa shape index (κ2) is 7.28. The third-order valence-corrected chi connectivity index (χ3v) is 7.54. The van der Waals surface area contributed by atoms with Gasteiger partial charge in [0.05, 0.1) is 6.04 Å². The van der Waals surface area contributed by atoms with Gasteiger partial charge in [0.1, 0.15) is 0 Å². The van der Waals surface area contributed by atoms with Gasteiger partial charge in [-0.1, -0.05) is 25.1 Å². The summed E-state index contributed by atoms with van der Waals surface area (Å²) in [4.78, 5) is 26.1. The zero-order chi connectivity index (χ0) is 19.1. The first-order valence-corrected chi connectivity index (χ1v) is 10.5. The molecule has 1 amide bonds. The summed E-state index contributed by atoms with van der Waals surface area (Å²) in [7, 11) is 0. The SMILES string of the molecule is CC1=C(SC2CNC(C(=O)Nc3cccc(C)c3)C2)C(C)C2C=C1C(=O)C2. The number of hydrogen-bond donors (Lipinski definition) is 2. The number of aryl methyl sites for hydroxylation is 1. The smallest absolute Gasteiger partial charge is 0.241 e. The first kappa shape index (κ1) is 18.5. The summed E-state index contributed by atoms with van der Waals surface area (Å²) in [6.07, 6.45) is 3.63. The second-order valence-electron chi connectivity index (χ2n) is 7.94. The van der Waals surface area contributed by atoms with E-state index in [0.717, 1.165) is 35.4 Å². The normalized spacial score (nSPS) is 29.9. The number of anilines is 1. The number of benzene rings is 1. The summed E-state index contributed by atoms with van der Waals surface area (Å²) < 4.78 is 0. The van der Waals surface area contributed by atoms with Crippen molar-refractivity contribution in [2.75, 3.05) is 11.9 Å². The molecule has 0 radical (unpaired) electrons. The molecule has 2 aliphatic carbocycles. The summed E-state index contributed by atoms with van der Waals surface area (Å²) in [5.74, 6) is 1.07. The minimum absolute atomic E-state index is 0.0315. The Kier molecular flexibility index (Phi) is 4.99. The monoisotopic (exact) mass is 382 g/mol. The Labute approximate surface area is 164 Å². The quantitative estimate of drug-likeness (QED) is 0.831. The van der Waals surface area contributed by atoms with Crippen molar-refractivity contribution in [1.29, 1.82) is 0 Å². The molecule has 27 heavy (non-hydrogen) atoms. The van der Waals surface area contributed by atoms with Crippen LogP contribution in [0.4, 0.5) is 5.69 Å². The standard InChI is InChI=1S/C22H26N2O2S/c1-12-5-4-6-16(7-12)24-22(26)19-10-17(11-23-19)27-21-13(2)15-8-18(14(21)3)20(25)9-15/h4-8,13,15,17,19,23H,9-11H2,1-3H3,(H,24,26). The van der Waals surface area contributed by atoms with Crippen molar-refractivity contribution in [3.63, 3.8) is 0 Å². The Balaban J connectivity index is 1.39. The highest BCUT2D eigenvalue weighted by atomic mass is 32.2. The fraction of sp³-hybridized carbons (Fsp3) is 0.455. The molecule has 1 saturated heterocycles. The molecule has 3 aliphatic rings. The number of hydrogen-bond acceptors (Lipinski definition) is 4. The Hall–Kier alpha value is -1.85. The molecule has 142 valence electrons. The molecule has 1 aromatic carbocycles. The first-order chi connectivity index (χ1) is 12.9. The van der Waals surface area contributed by atoms with Crippen LogP contribution in [-0.2, 0) is 9.59 Å². The van der Waals surface area contributed by atoms with Crippen LogP contribution in [0.15, 0.2) is 46.4 Å². The Morgan fingerprint density at radius 3 is 2.89 bits per heavy atom. The molecular formula is C22H26N2O2S. The lowest BCUT2D eigenvalue weighted by atomic mass is 9.89. The number of nitrogens with one attached hydrogen (secondary N) is 2. The van der Waals surface area contributed by atoms with Gasteiger partial charge < -0.3 is 10.6 Å². The molecule has 4 rings (SSSR count). The molecule has 4 nitrogen and oxygen atoms in total. The number of carbonyl (C=O) groups excluding carboxylic acids is 2. The molecule has 0 spiro atoms. The van der Waals surface area contributed by atoms with E-state index in [1.54, 1.807) is 0 Å². The van der Waals surface area contributed by atoms with Gasteiger partial charge in [-0.15, -0.1) is 11.8 Å². The molecule has 2 N–H and O–H groups in total. The van der Waals surface area contributed by atoms with Crippen LogP contribution in [0, 0.1) is 18.8 Å². The zero-order valence-corrected chi connectivity index (χ0v) is 16.9. The van der Waals surface area contributed by atoms with Crippen molar-refractivity contribution in [2.24, 2.45) is 11.8 Å². The third kappa shape index (κ3) is 3.63. The van der Waals surface area contributed by atoms with Crippen molar-refractivity contribution < 1.29 is 9.59 Å². The maximum atomic E-state index is 12.6. The van der Waals surface area contributed by atoms with Gasteiger partial charge in [0.25, 0.3) is 0 Å². The van der Waals surface area contributed by atoms with E-state index in [1.807, 2.05) is 43.0 Å². The lowest BCUT2D eigenvalue weighted by Crippen LogP contribution is -2.35. The number of Topliss-reactive ketones (excluding diaryl/α,β-unsaturated/α-hetero) is 1. The van der Waals surface area contributed by atoms with Crippen LogP contribution in [0.1, 0.15) is 32.3 Å². The van der Waals surface area contributed by atoms with E-state index in [0.29, 0.717) is 29.3 Å². The Morgan fingerprint density at radius 1 is 1.30 bits per heavy atom. The minimum Gasteiger partial charge on any atom is -0.325 e. The van der Waals surface area contributed by atoms with Crippen LogP contribution in [0.5, 0.6) is 0 Å². The van der Waals surface area contributed by atoms with Gasteiger partial charge in [-0.3, -0.25) is 9.59 Å². The van der Waals surface area contributed by atoms with Gasteiger partial charge >= 0.3 is 0 Å². The highest BCUT2D eigenvalue weighted by Crippen LogP contribution is 2.47. The van der Waals surface area contributed by atoms with Gasteiger partial charge in [0.15, 0.2) is 5.78 Å². The van der Waals surface area contributed by atoms with Crippen LogP contribution in [0.25, 0.3) is 0 Å². The maximum Gasteiger partial charge on any atom is 0.241 e. The van der Waals surface area contributed by atoms with Gasteiger partial charge in [-0.25, -0.2) is 0 Å². The van der Waals surface area contributed by atoms with Crippen molar-refractivity contribution in [1.82, 2.24) is 5.32 Å². The van der Waals surface area contributed by atoms with Gasteiger partial charge in [-0.05, 0) is 60.3 Å². The van der Waals surface area contributed by atoms with E-state index in [4.69, 9.17) is 0 Å². The van der Waals surface area contributed by atoms with Crippen LogP contribution in [0.3, 0.4) is 0 Å². The van der Waals surface area contributed by atoms with Crippen LogP contribution < -0.4 is 10.6 Å². The molecule has 0 saturated carbocycles. The number of ketones is 1. The van der Waals surface area contributed by atoms with Crippen molar-refractivity contribution in [2.45, 2.75) is 44.9 Å². The molecular weight excluding hydrogens is 356 g/mol. The van der Waals surface area contributed by atoms with E-state index < -0.39 is 0 Å². The molecule has 1 aromatic rings. The number of fused-ring (bicyclic) bond motifs is 1. The molecule has 5 heteroatoms. The number of allylic oxidation sites excluding steroid dienone is 4. The molecule has 1 fully saturated rings. The fourth-order valence-electron chi connectivity index (χ4n) is 4.33. The minimum atomic E-state index is -0.166.